The second kappa shape index (κ2) is 4.38. The molecule has 90 valence electrons. The second-order valence-corrected chi connectivity index (χ2v) is 5.47. The van der Waals surface area contributed by atoms with Crippen LogP contribution in [0, 0.1) is 0 Å². The number of nitrogens with zero attached hydrogens (tertiary/aromatic N) is 2. The smallest absolute Gasteiger partial charge is 0.264 e. The molecule has 1 aromatic carbocycles. The van der Waals surface area contributed by atoms with Crippen LogP contribution >= 0.6 is 11.6 Å². The summed E-state index contributed by atoms with van der Waals surface area (Å²) in [5.74, 6) is 0.257. The lowest BCUT2D eigenvalue weighted by Gasteiger charge is -2.06. The van der Waals surface area contributed by atoms with Gasteiger partial charge in [0.15, 0.2) is 5.82 Å². The highest BCUT2D eigenvalue weighted by Gasteiger charge is 2.18. The Hall–Kier alpha value is -1.53. The molecule has 0 aliphatic carbocycles. The number of aromatic nitrogens is 2. The molecule has 5 nitrogen and oxygen atoms in total. The summed E-state index contributed by atoms with van der Waals surface area (Å²) in [6.45, 7) is 0. The molecule has 0 fully saturated rings. The molecule has 17 heavy (non-hydrogen) atoms. The molecule has 2 aromatic rings. The van der Waals surface area contributed by atoms with Crippen LogP contribution in [-0.2, 0) is 17.1 Å². The van der Waals surface area contributed by atoms with E-state index in [1.807, 2.05) is 0 Å². The van der Waals surface area contributed by atoms with Crippen LogP contribution in [0.2, 0.25) is 5.02 Å². The lowest BCUT2D eigenvalue weighted by atomic mass is 10.4. The highest BCUT2D eigenvalue weighted by atomic mass is 35.5. The van der Waals surface area contributed by atoms with Crippen molar-refractivity contribution in [3.8, 4) is 0 Å². The summed E-state index contributed by atoms with van der Waals surface area (Å²) >= 11 is 5.84. The number of sulfonamides is 1. The number of nitrogens with one attached hydrogen (secondary N) is 1. The molecular weight excluding hydrogens is 262 g/mol. The van der Waals surface area contributed by atoms with E-state index >= 15 is 0 Å². The highest BCUT2D eigenvalue weighted by Crippen LogP contribution is 2.22. The molecule has 0 spiro atoms. The predicted molar refractivity (Wildman–Crippen MR) is 65.5 cm³/mol. The molecule has 0 amide bonds. The van der Waals surface area contributed by atoms with E-state index in [4.69, 9.17) is 11.6 Å². The maximum absolute atomic E-state index is 12.0. The third-order valence-corrected chi connectivity index (χ3v) is 3.93. The summed E-state index contributed by atoms with van der Waals surface area (Å²) in [4.78, 5) is 0.0346. The van der Waals surface area contributed by atoms with Gasteiger partial charge in [0.1, 0.15) is 4.90 Å². The number of halogens is 1. The largest absolute Gasteiger partial charge is 0.274 e. The van der Waals surface area contributed by atoms with Crippen LogP contribution in [0.25, 0.3) is 0 Å². The zero-order chi connectivity index (χ0) is 12.5. The Kier molecular flexibility index (Phi) is 3.08. The number of rotatable bonds is 3. The Morgan fingerprint density at radius 3 is 2.59 bits per heavy atom. The minimum absolute atomic E-state index is 0.0346. The SMILES string of the molecule is Cn1ccc(NS(=O)(=O)c2ccccc2Cl)n1. The molecule has 0 aliphatic heterocycles. The van der Waals surface area contributed by atoms with E-state index in [0.29, 0.717) is 0 Å². The van der Waals surface area contributed by atoms with E-state index in [0.717, 1.165) is 0 Å². The van der Waals surface area contributed by atoms with Crippen LogP contribution in [0.15, 0.2) is 41.4 Å². The second-order valence-electron chi connectivity index (χ2n) is 3.41. The van der Waals surface area contributed by atoms with Gasteiger partial charge in [-0.05, 0) is 12.1 Å². The fourth-order valence-corrected chi connectivity index (χ4v) is 2.84. The lowest BCUT2D eigenvalue weighted by molar-refractivity contribution is 0.601. The number of hydrogen-bond acceptors (Lipinski definition) is 3. The first-order valence-electron chi connectivity index (χ1n) is 4.76. The van der Waals surface area contributed by atoms with Crippen LogP contribution in [-0.4, -0.2) is 18.2 Å². The van der Waals surface area contributed by atoms with Gasteiger partial charge >= 0.3 is 0 Å². The molecule has 0 aliphatic rings. The van der Waals surface area contributed by atoms with Crippen molar-refractivity contribution < 1.29 is 8.42 Å². The van der Waals surface area contributed by atoms with Crippen molar-refractivity contribution in [2.24, 2.45) is 7.05 Å². The molecular formula is C10H10ClN3O2S. The Bertz CT molecular complexity index is 637. The minimum atomic E-state index is -3.69. The van der Waals surface area contributed by atoms with E-state index in [1.54, 1.807) is 31.4 Å². The summed E-state index contributed by atoms with van der Waals surface area (Å²) in [6.07, 6.45) is 1.64. The molecule has 0 unspecified atom stereocenters. The van der Waals surface area contributed by atoms with Gasteiger partial charge in [-0.25, -0.2) is 8.42 Å². The van der Waals surface area contributed by atoms with Crippen molar-refractivity contribution in [3.63, 3.8) is 0 Å². The minimum Gasteiger partial charge on any atom is -0.274 e. The Morgan fingerprint density at radius 1 is 1.29 bits per heavy atom. The Labute approximate surface area is 104 Å². The molecule has 1 N–H and O–H groups in total. The molecule has 7 heteroatoms. The first-order valence-corrected chi connectivity index (χ1v) is 6.62. The Balaban J connectivity index is 2.35. The van der Waals surface area contributed by atoms with Crippen molar-refractivity contribution in [1.29, 1.82) is 0 Å². The van der Waals surface area contributed by atoms with Crippen molar-refractivity contribution in [3.05, 3.63) is 41.6 Å². The zero-order valence-electron chi connectivity index (χ0n) is 8.96. The van der Waals surface area contributed by atoms with E-state index in [2.05, 4.69) is 9.82 Å². The third-order valence-electron chi connectivity index (χ3n) is 2.08. The van der Waals surface area contributed by atoms with E-state index in [-0.39, 0.29) is 15.7 Å². The number of hydrogen-bond donors (Lipinski definition) is 1. The molecule has 0 radical (unpaired) electrons. The summed E-state index contributed by atoms with van der Waals surface area (Å²) in [7, 11) is -1.99. The topological polar surface area (TPSA) is 64.0 Å². The highest BCUT2D eigenvalue weighted by molar-refractivity contribution is 7.92. The molecule has 1 heterocycles. The van der Waals surface area contributed by atoms with Crippen LogP contribution in [0.4, 0.5) is 5.82 Å². The van der Waals surface area contributed by atoms with Gasteiger partial charge in [0.25, 0.3) is 10.0 Å². The fourth-order valence-electron chi connectivity index (χ4n) is 1.32. The third kappa shape index (κ3) is 2.59. The number of aryl methyl sites for hydroxylation is 1. The van der Waals surface area contributed by atoms with Crippen molar-refractivity contribution in [2.45, 2.75) is 4.90 Å². The molecule has 0 saturated carbocycles. The first kappa shape index (κ1) is 11.9. The quantitative estimate of drug-likeness (QED) is 0.927. The molecule has 0 saturated heterocycles. The van der Waals surface area contributed by atoms with E-state index in [1.165, 1.54) is 16.8 Å². The van der Waals surface area contributed by atoms with Gasteiger partial charge in [-0.15, -0.1) is 0 Å². The van der Waals surface area contributed by atoms with Crippen LogP contribution in [0.5, 0.6) is 0 Å². The summed E-state index contributed by atoms with van der Waals surface area (Å²) in [5, 5.41) is 4.11. The van der Waals surface area contributed by atoms with Gasteiger partial charge in [0.2, 0.25) is 0 Å². The Morgan fingerprint density at radius 2 is 2.00 bits per heavy atom. The predicted octanol–water partition coefficient (Wildman–Crippen LogP) is 1.87. The standard InChI is InChI=1S/C10H10ClN3O2S/c1-14-7-6-10(12-14)13-17(15,16)9-5-3-2-4-8(9)11/h2-7H,1H3,(H,12,13). The molecule has 0 atom stereocenters. The van der Waals surface area contributed by atoms with Gasteiger partial charge in [0, 0.05) is 19.3 Å². The molecule has 1 aromatic heterocycles. The van der Waals surface area contributed by atoms with Crippen molar-refractivity contribution in [2.75, 3.05) is 4.72 Å². The first-order chi connectivity index (χ1) is 7.99. The normalized spacial score (nSPS) is 11.4. The van der Waals surface area contributed by atoms with Crippen LogP contribution < -0.4 is 4.72 Å². The van der Waals surface area contributed by atoms with Crippen LogP contribution in [0.3, 0.4) is 0 Å². The van der Waals surface area contributed by atoms with Crippen molar-refractivity contribution in [1.82, 2.24) is 9.78 Å². The lowest BCUT2D eigenvalue weighted by Crippen LogP contribution is -2.14. The van der Waals surface area contributed by atoms with E-state index in [9.17, 15) is 8.42 Å². The number of anilines is 1. The van der Waals surface area contributed by atoms with Gasteiger partial charge in [-0.2, -0.15) is 5.10 Å². The van der Waals surface area contributed by atoms with Gasteiger partial charge in [-0.1, -0.05) is 23.7 Å². The monoisotopic (exact) mass is 271 g/mol. The van der Waals surface area contributed by atoms with Gasteiger partial charge < -0.3 is 0 Å². The maximum Gasteiger partial charge on any atom is 0.264 e. The van der Waals surface area contributed by atoms with Crippen LogP contribution in [0.1, 0.15) is 0 Å². The molecule has 2 rings (SSSR count). The van der Waals surface area contributed by atoms with Gasteiger partial charge in [-0.3, -0.25) is 9.40 Å². The zero-order valence-corrected chi connectivity index (χ0v) is 10.5. The summed E-state index contributed by atoms with van der Waals surface area (Å²) in [5.41, 5.74) is 0. The summed E-state index contributed by atoms with van der Waals surface area (Å²) in [6, 6.07) is 7.80. The number of benzene rings is 1. The fraction of sp³-hybridized carbons (Fsp3) is 0.100. The molecule has 0 bridgehead atoms. The van der Waals surface area contributed by atoms with Gasteiger partial charge in [0.05, 0.1) is 5.02 Å². The average Bonchev–Trinajstić information content (AvgIpc) is 2.63. The summed E-state index contributed by atoms with van der Waals surface area (Å²) < 4.78 is 27.8. The maximum atomic E-state index is 12.0. The van der Waals surface area contributed by atoms with E-state index < -0.39 is 10.0 Å². The average molecular weight is 272 g/mol. The van der Waals surface area contributed by atoms with Crippen molar-refractivity contribution >= 4 is 27.4 Å².